The summed E-state index contributed by atoms with van der Waals surface area (Å²) >= 11 is 0. The molecule has 0 saturated heterocycles. The Bertz CT molecular complexity index is 1440. The number of hydrogen-bond acceptors (Lipinski definition) is 6. The van der Waals surface area contributed by atoms with Crippen molar-refractivity contribution < 1.29 is 0 Å². The van der Waals surface area contributed by atoms with Gasteiger partial charge in [0, 0.05) is 37.6 Å². The van der Waals surface area contributed by atoms with Gasteiger partial charge in [0.05, 0.1) is 11.1 Å². The molecule has 10 heteroatoms. The molecule has 2 aliphatic rings. The molecule has 4 rings (SSSR count). The molecule has 0 amide bonds. The van der Waals surface area contributed by atoms with E-state index in [4.69, 9.17) is 0 Å². The molecular formula is C38H64N6O4. The highest BCUT2D eigenvalue weighted by molar-refractivity contribution is 5.66. The standard InChI is InChI=1S/C38H64N6O4/c1-5-39-23-15-7-11-19-27-41-31(3)33-34-32(4)42(38(48)43(35(34)45)29-21-13-9-17-25-39)28-20-12-8-16-24-40(6-2)26-18-10-14-22-30-44(36(33)46)37(41)47/h5-30H2,1-4H3. The molecule has 0 atom stereocenters. The number of aromatic nitrogens is 4. The highest BCUT2D eigenvalue weighted by atomic mass is 16.2. The highest BCUT2D eigenvalue weighted by Crippen LogP contribution is 2.21. The Balaban J connectivity index is 1.84. The van der Waals surface area contributed by atoms with Crippen LogP contribution in [0.4, 0.5) is 0 Å². The molecule has 2 aromatic rings. The Kier molecular flexibility index (Phi) is 15.4. The van der Waals surface area contributed by atoms with Gasteiger partial charge in [0.25, 0.3) is 11.1 Å². The second kappa shape index (κ2) is 19.5. The van der Waals surface area contributed by atoms with Crippen molar-refractivity contribution >= 4 is 0 Å². The van der Waals surface area contributed by atoms with Crippen LogP contribution < -0.4 is 22.5 Å². The van der Waals surface area contributed by atoms with Crippen LogP contribution in [0.15, 0.2) is 19.2 Å². The molecule has 0 aliphatic carbocycles. The SMILES string of the molecule is CCN1CCCCCCn2c(C)c3c(=O)n(c2=O)CCCCCCN(CC)CCCCCCn2c(C)c-3c(=O)n(c2=O)CCCCCC1. The van der Waals surface area contributed by atoms with E-state index in [1.165, 1.54) is 9.13 Å². The van der Waals surface area contributed by atoms with Gasteiger partial charge in [0.2, 0.25) is 0 Å². The molecule has 0 saturated carbocycles. The summed E-state index contributed by atoms with van der Waals surface area (Å²) in [4.78, 5) is 61.8. The molecule has 0 aromatic carbocycles. The van der Waals surface area contributed by atoms with Gasteiger partial charge in [-0.05, 0) is 104 Å². The van der Waals surface area contributed by atoms with E-state index in [0.717, 1.165) is 142 Å². The smallest absolute Gasteiger partial charge is 0.304 e. The van der Waals surface area contributed by atoms with Gasteiger partial charge in [-0.25, -0.2) is 9.59 Å². The van der Waals surface area contributed by atoms with Crippen molar-refractivity contribution in [2.45, 2.75) is 157 Å². The van der Waals surface area contributed by atoms with E-state index in [1.54, 1.807) is 9.13 Å². The first-order valence-electron chi connectivity index (χ1n) is 19.4. The third-order valence-corrected chi connectivity index (χ3v) is 10.9. The number of fused-ring (bicyclic) bond motifs is 4. The molecular weight excluding hydrogens is 604 g/mol. The van der Waals surface area contributed by atoms with Gasteiger partial charge in [0.15, 0.2) is 0 Å². The van der Waals surface area contributed by atoms with Gasteiger partial charge < -0.3 is 9.80 Å². The summed E-state index contributed by atoms with van der Waals surface area (Å²) in [6.45, 7) is 16.2. The van der Waals surface area contributed by atoms with Crippen LogP contribution in [0.25, 0.3) is 11.1 Å². The molecule has 0 fully saturated rings. The summed E-state index contributed by atoms with van der Waals surface area (Å²) in [6.07, 6.45) is 15.8. The van der Waals surface area contributed by atoms with Crippen molar-refractivity contribution in [1.29, 1.82) is 0 Å². The monoisotopic (exact) mass is 668 g/mol. The maximum absolute atomic E-state index is 14.4. The van der Waals surface area contributed by atoms with Crippen molar-refractivity contribution in [3.05, 3.63) is 53.1 Å². The quantitative estimate of drug-likeness (QED) is 0.418. The first-order valence-corrected chi connectivity index (χ1v) is 19.4. The minimum Gasteiger partial charge on any atom is -0.304 e. The summed E-state index contributed by atoms with van der Waals surface area (Å²) in [5.74, 6) is 0. The van der Waals surface area contributed by atoms with E-state index in [1.807, 2.05) is 13.8 Å². The van der Waals surface area contributed by atoms with Crippen LogP contribution in [0, 0.1) is 13.8 Å². The van der Waals surface area contributed by atoms with Crippen LogP contribution >= 0.6 is 0 Å². The van der Waals surface area contributed by atoms with Crippen LogP contribution in [0.2, 0.25) is 0 Å². The van der Waals surface area contributed by atoms with E-state index in [9.17, 15) is 19.2 Å². The van der Waals surface area contributed by atoms with Gasteiger partial charge in [-0.3, -0.25) is 27.9 Å². The third-order valence-electron chi connectivity index (χ3n) is 10.9. The molecule has 4 heterocycles. The maximum Gasteiger partial charge on any atom is 0.331 e. The normalized spacial score (nSPS) is 19.7. The first-order chi connectivity index (χ1) is 23.3. The molecule has 6 bridgehead atoms. The lowest BCUT2D eigenvalue weighted by molar-refractivity contribution is 0.272. The highest BCUT2D eigenvalue weighted by Gasteiger charge is 2.25. The van der Waals surface area contributed by atoms with Gasteiger partial charge in [-0.15, -0.1) is 0 Å². The van der Waals surface area contributed by atoms with Crippen LogP contribution in [-0.4, -0.2) is 67.3 Å². The average molecular weight is 669 g/mol. The van der Waals surface area contributed by atoms with E-state index in [0.29, 0.717) is 48.7 Å². The molecule has 10 nitrogen and oxygen atoms in total. The molecule has 2 aliphatic heterocycles. The summed E-state index contributed by atoms with van der Waals surface area (Å²) < 4.78 is 6.25. The molecule has 0 unspecified atom stereocenters. The fourth-order valence-corrected chi connectivity index (χ4v) is 7.79. The zero-order valence-corrected chi connectivity index (χ0v) is 30.7. The van der Waals surface area contributed by atoms with E-state index >= 15 is 0 Å². The summed E-state index contributed by atoms with van der Waals surface area (Å²) in [5, 5.41) is 0. The summed E-state index contributed by atoms with van der Waals surface area (Å²) in [5.41, 5.74) is 0.327. The molecule has 0 N–H and O–H groups in total. The lowest BCUT2D eigenvalue weighted by Gasteiger charge is -2.21. The molecule has 2 aromatic heterocycles. The Morgan fingerprint density at radius 1 is 0.375 bits per heavy atom. The van der Waals surface area contributed by atoms with Crippen molar-refractivity contribution in [1.82, 2.24) is 28.1 Å². The van der Waals surface area contributed by atoms with Crippen molar-refractivity contribution in [3.8, 4) is 11.1 Å². The Hall–Kier alpha value is -2.72. The number of nitrogens with zero attached hydrogens (tertiary/aromatic N) is 6. The second-order valence-electron chi connectivity index (χ2n) is 14.2. The van der Waals surface area contributed by atoms with Crippen LogP contribution in [0.5, 0.6) is 0 Å². The lowest BCUT2D eigenvalue weighted by Crippen LogP contribution is -2.46. The topological polar surface area (TPSA) is 94.5 Å². The summed E-state index contributed by atoms with van der Waals surface area (Å²) in [7, 11) is 0. The molecule has 270 valence electrons. The fraction of sp³-hybridized carbons (Fsp3) is 0.789. The molecule has 48 heavy (non-hydrogen) atoms. The Morgan fingerprint density at radius 3 is 0.896 bits per heavy atom. The minimum atomic E-state index is -0.397. The Labute approximate surface area is 287 Å². The zero-order chi connectivity index (χ0) is 34.5. The van der Waals surface area contributed by atoms with Crippen LogP contribution in [0.1, 0.15) is 128 Å². The van der Waals surface area contributed by atoms with Crippen LogP contribution in [-0.2, 0) is 26.2 Å². The van der Waals surface area contributed by atoms with Gasteiger partial charge in [0.1, 0.15) is 0 Å². The number of rotatable bonds is 2. The van der Waals surface area contributed by atoms with Gasteiger partial charge in [-0.2, -0.15) is 0 Å². The minimum absolute atomic E-state index is 0.279. The molecule has 0 spiro atoms. The largest absolute Gasteiger partial charge is 0.331 e. The summed E-state index contributed by atoms with van der Waals surface area (Å²) in [6, 6.07) is 0. The van der Waals surface area contributed by atoms with E-state index in [2.05, 4.69) is 23.6 Å². The van der Waals surface area contributed by atoms with E-state index < -0.39 is 11.1 Å². The predicted octanol–water partition coefficient (Wildman–Crippen LogP) is 5.53. The van der Waals surface area contributed by atoms with Gasteiger partial charge >= 0.3 is 11.4 Å². The number of hydrogen-bond donors (Lipinski definition) is 0. The third kappa shape index (κ3) is 9.71. The van der Waals surface area contributed by atoms with Crippen molar-refractivity contribution in [2.75, 3.05) is 39.3 Å². The average Bonchev–Trinajstić information content (AvgIpc) is 3.07. The maximum atomic E-state index is 14.4. The van der Waals surface area contributed by atoms with Crippen LogP contribution in [0.3, 0.4) is 0 Å². The Morgan fingerprint density at radius 2 is 0.625 bits per heavy atom. The predicted molar refractivity (Wildman–Crippen MR) is 196 cm³/mol. The molecule has 0 radical (unpaired) electrons. The fourth-order valence-electron chi connectivity index (χ4n) is 7.79. The first kappa shape index (κ1) is 38.1. The van der Waals surface area contributed by atoms with E-state index in [-0.39, 0.29) is 11.4 Å². The van der Waals surface area contributed by atoms with Crippen molar-refractivity contribution in [2.24, 2.45) is 0 Å². The second-order valence-corrected chi connectivity index (χ2v) is 14.2. The van der Waals surface area contributed by atoms with Gasteiger partial charge in [-0.1, -0.05) is 65.2 Å². The van der Waals surface area contributed by atoms with Crippen molar-refractivity contribution in [3.63, 3.8) is 0 Å². The lowest BCUT2D eigenvalue weighted by atomic mass is 10.0. The zero-order valence-electron chi connectivity index (χ0n) is 30.7.